The van der Waals surface area contributed by atoms with E-state index in [4.69, 9.17) is 33.5 Å². The van der Waals surface area contributed by atoms with Crippen LogP contribution in [0.1, 0.15) is 45.9 Å². The lowest BCUT2D eigenvalue weighted by molar-refractivity contribution is 0.479. The highest BCUT2D eigenvalue weighted by molar-refractivity contribution is 7.80. The van der Waals surface area contributed by atoms with Crippen LogP contribution in [0.25, 0.3) is 5.69 Å². The van der Waals surface area contributed by atoms with Gasteiger partial charge in [0.05, 0.1) is 17.8 Å². The first-order valence-electron chi connectivity index (χ1n) is 13.6. The molecule has 5 nitrogen and oxygen atoms in total. The van der Waals surface area contributed by atoms with Crippen LogP contribution in [0, 0.1) is 27.7 Å². The van der Waals surface area contributed by atoms with E-state index in [0.717, 1.165) is 39.8 Å². The zero-order valence-electron chi connectivity index (χ0n) is 23.4. The summed E-state index contributed by atoms with van der Waals surface area (Å²) in [6, 6.07) is 29.9. The number of halogens is 1. The predicted molar refractivity (Wildman–Crippen MR) is 171 cm³/mol. The number of rotatable bonds is 6. The average molecular weight is 579 g/mol. The number of aryl methyl sites for hydroxylation is 1. The fourth-order valence-electron chi connectivity index (χ4n) is 5.84. The van der Waals surface area contributed by atoms with Crippen LogP contribution in [0.5, 0.6) is 11.5 Å². The summed E-state index contributed by atoms with van der Waals surface area (Å²) in [6.45, 7) is 8.56. The highest BCUT2D eigenvalue weighted by Crippen LogP contribution is 2.45. The van der Waals surface area contributed by atoms with Crippen molar-refractivity contribution in [1.29, 1.82) is 0 Å². The third-order valence-electron chi connectivity index (χ3n) is 7.90. The van der Waals surface area contributed by atoms with Crippen molar-refractivity contribution in [3.05, 3.63) is 136 Å². The number of anilines is 1. The Balaban J connectivity index is 1.45. The number of ether oxygens (including phenoxy) is 1. The lowest BCUT2D eigenvalue weighted by Crippen LogP contribution is -2.29. The van der Waals surface area contributed by atoms with Gasteiger partial charge in [0.2, 0.25) is 0 Å². The topological polar surface area (TPSA) is 42.3 Å². The molecule has 1 aliphatic heterocycles. The molecule has 0 saturated carbocycles. The molecular formula is C34H31ClN4OS. The summed E-state index contributed by atoms with van der Waals surface area (Å²) in [5.41, 5.74) is 8.78. The summed E-state index contributed by atoms with van der Waals surface area (Å²) >= 11 is 12.4. The summed E-state index contributed by atoms with van der Waals surface area (Å²) in [7, 11) is 0. The first-order valence-corrected chi connectivity index (χ1v) is 14.4. The van der Waals surface area contributed by atoms with Crippen LogP contribution in [0.15, 0.2) is 97.2 Å². The Morgan fingerprint density at radius 1 is 0.829 bits per heavy atom. The minimum atomic E-state index is -0.140. The highest BCUT2D eigenvalue weighted by atomic mass is 35.5. The standard InChI is InChI=1S/C34H31ClN4OS/c1-21-10-5-6-14-30(21)40-28-17-15-26(16-18-28)39-33(32(37-34(39)41)29-13-7-8-19-36-29)31-22(2)23(3)38(24(31)4)27-12-9-11-25(35)20-27/h5-20,32-33H,1-4H3,(H,37,41)/t32-,33-/m0/s1. The van der Waals surface area contributed by atoms with Gasteiger partial charge in [-0.05, 0) is 112 Å². The molecule has 2 atom stereocenters. The lowest BCUT2D eigenvalue weighted by atomic mass is 9.93. The molecule has 206 valence electrons. The van der Waals surface area contributed by atoms with Crippen LogP contribution >= 0.6 is 23.8 Å². The molecule has 0 radical (unpaired) electrons. The molecule has 2 aromatic heterocycles. The monoisotopic (exact) mass is 578 g/mol. The van der Waals surface area contributed by atoms with Gasteiger partial charge in [0, 0.05) is 39.5 Å². The molecular weight excluding hydrogens is 548 g/mol. The minimum absolute atomic E-state index is 0.125. The molecule has 3 heterocycles. The van der Waals surface area contributed by atoms with E-state index in [1.54, 1.807) is 0 Å². The maximum absolute atomic E-state index is 6.40. The molecule has 41 heavy (non-hydrogen) atoms. The molecule has 3 aromatic carbocycles. The molecule has 1 saturated heterocycles. The van der Waals surface area contributed by atoms with Crippen molar-refractivity contribution < 1.29 is 4.74 Å². The Labute approximate surface area is 251 Å². The first kappa shape index (κ1) is 27.1. The number of para-hydroxylation sites is 1. The van der Waals surface area contributed by atoms with Gasteiger partial charge in [-0.2, -0.15) is 0 Å². The number of pyridine rings is 1. The molecule has 0 aliphatic carbocycles. The van der Waals surface area contributed by atoms with Gasteiger partial charge in [0.15, 0.2) is 5.11 Å². The van der Waals surface area contributed by atoms with Gasteiger partial charge in [-0.25, -0.2) is 0 Å². The third kappa shape index (κ3) is 4.98. The predicted octanol–water partition coefficient (Wildman–Crippen LogP) is 8.73. The van der Waals surface area contributed by atoms with Gasteiger partial charge < -0.3 is 19.5 Å². The SMILES string of the molecule is Cc1ccccc1Oc1ccc(N2C(=S)N[C@@H](c3ccccn3)[C@@H]2c2c(C)c(C)n(-c3cccc(Cl)c3)c2C)cc1. The Bertz CT molecular complexity index is 1730. The fourth-order valence-corrected chi connectivity index (χ4v) is 6.37. The maximum Gasteiger partial charge on any atom is 0.174 e. The lowest BCUT2D eigenvalue weighted by Gasteiger charge is -2.29. The van der Waals surface area contributed by atoms with E-state index in [-0.39, 0.29) is 12.1 Å². The quantitative estimate of drug-likeness (QED) is 0.204. The van der Waals surface area contributed by atoms with Crippen LogP contribution in [0.3, 0.4) is 0 Å². The molecule has 0 bridgehead atoms. The van der Waals surface area contributed by atoms with Crippen LogP contribution in [-0.4, -0.2) is 14.7 Å². The third-order valence-corrected chi connectivity index (χ3v) is 8.45. The van der Waals surface area contributed by atoms with Crippen LogP contribution in [0.4, 0.5) is 5.69 Å². The number of thiocarbonyl (C=S) groups is 1. The maximum atomic E-state index is 6.40. The number of hydrogen-bond donors (Lipinski definition) is 1. The number of benzene rings is 3. The van der Waals surface area contributed by atoms with E-state index >= 15 is 0 Å². The number of nitrogens with one attached hydrogen (secondary N) is 1. The van der Waals surface area contributed by atoms with Crippen molar-refractivity contribution in [3.8, 4) is 17.2 Å². The largest absolute Gasteiger partial charge is 0.457 e. The summed E-state index contributed by atoms with van der Waals surface area (Å²) < 4.78 is 8.46. The normalized spacial score (nSPS) is 16.6. The minimum Gasteiger partial charge on any atom is -0.457 e. The summed E-state index contributed by atoms with van der Waals surface area (Å²) in [4.78, 5) is 6.95. The molecule has 7 heteroatoms. The van der Waals surface area contributed by atoms with Gasteiger partial charge in [-0.15, -0.1) is 0 Å². The van der Waals surface area contributed by atoms with E-state index in [2.05, 4.69) is 59.8 Å². The van der Waals surface area contributed by atoms with Crippen molar-refractivity contribution in [3.63, 3.8) is 0 Å². The Morgan fingerprint density at radius 2 is 1.59 bits per heavy atom. The first-order chi connectivity index (χ1) is 19.8. The van der Waals surface area contributed by atoms with E-state index in [1.165, 1.54) is 16.8 Å². The van der Waals surface area contributed by atoms with Crippen LogP contribution < -0.4 is 15.0 Å². The van der Waals surface area contributed by atoms with Gasteiger partial charge in [0.1, 0.15) is 11.5 Å². The zero-order chi connectivity index (χ0) is 28.7. The highest BCUT2D eigenvalue weighted by Gasteiger charge is 2.43. The molecule has 0 spiro atoms. The zero-order valence-corrected chi connectivity index (χ0v) is 25.0. The van der Waals surface area contributed by atoms with E-state index < -0.39 is 0 Å². The van der Waals surface area contributed by atoms with Gasteiger partial charge in [-0.3, -0.25) is 4.98 Å². The Morgan fingerprint density at radius 3 is 2.29 bits per heavy atom. The van der Waals surface area contributed by atoms with Gasteiger partial charge in [-0.1, -0.05) is 41.9 Å². The van der Waals surface area contributed by atoms with E-state index in [0.29, 0.717) is 10.1 Å². The number of nitrogens with zero attached hydrogens (tertiary/aromatic N) is 3. The van der Waals surface area contributed by atoms with E-state index in [9.17, 15) is 0 Å². The smallest absolute Gasteiger partial charge is 0.174 e. The van der Waals surface area contributed by atoms with Crippen LogP contribution in [-0.2, 0) is 0 Å². The summed E-state index contributed by atoms with van der Waals surface area (Å²) in [5, 5.41) is 4.96. The molecule has 1 N–H and O–H groups in total. The average Bonchev–Trinajstić information content (AvgIpc) is 3.42. The van der Waals surface area contributed by atoms with Gasteiger partial charge >= 0.3 is 0 Å². The summed E-state index contributed by atoms with van der Waals surface area (Å²) in [6.07, 6.45) is 1.83. The van der Waals surface area contributed by atoms with E-state index in [1.807, 2.05) is 79.9 Å². The summed E-state index contributed by atoms with van der Waals surface area (Å²) in [5.74, 6) is 1.62. The number of hydrogen-bond acceptors (Lipinski definition) is 3. The Hall–Kier alpha value is -4.13. The second-order valence-corrected chi connectivity index (χ2v) is 11.2. The molecule has 1 aliphatic rings. The van der Waals surface area contributed by atoms with Crippen LogP contribution in [0.2, 0.25) is 5.02 Å². The van der Waals surface area contributed by atoms with Crippen molar-refractivity contribution in [2.24, 2.45) is 0 Å². The molecule has 0 unspecified atom stereocenters. The van der Waals surface area contributed by atoms with Crippen molar-refractivity contribution in [2.75, 3.05) is 4.90 Å². The molecule has 6 rings (SSSR count). The Kier molecular flexibility index (Phi) is 7.28. The second-order valence-electron chi connectivity index (χ2n) is 10.4. The fraction of sp³-hybridized carbons (Fsp3) is 0.176. The molecule has 5 aromatic rings. The van der Waals surface area contributed by atoms with Crippen molar-refractivity contribution in [2.45, 2.75) is 39.8 Å². The second kappa shape index (κ2) is 11.0. The molecule has 1 fully saturated rings. The van der Waals surface area contributed by atoms with Crippen molar-refractivity contribution in [1.82, 2.24) is 14.9 Å². The molecule has 0 amide bonds. The number of aromatic nitrogens is 2. The van der Waals surface area contributed by atoms with Gasteiger partial charge in [0.25, 0.3) is 0 Å². The van der Waals surface area contributed by atoms with Crippen molar-refractivity contribution >= 4 is 34.6 Å².